The Bertz CT molecular complexity index is 3030. The minimum absolute atomic E-state index is 0.00962. The molecular weight excluding hydrogens is 980 g/mol. The zero-order valence-corrected chi connectivity index (χ0v) is 41.7. The summed E-state index contributed by atoms with van der Waals surface area (Å²) in [6.07, 6.45) is 2.84. The second-order valence-electron chi connectivity index (χ2n) is 17.6. The lowest BCUT2D eigenvalue weighted by Gasteiger charge is -2.35. The van der Waals surface area contributed by atoms with Crippen LogP contribution in [0.25, 0.3) is 22.5 Å². The largest absolute Gasteiger partial charge is 0.507 e. The van der Waals surface area contributed by atoms with Gasteiger partial charge in [-0.15, -0.1) is 0 Å². The number of aliphatic hydroxyl groups is 2. The summed E-state index contributed by atoms with van der Waals surface area (Å²) in [6.45, 7) is 7.96. The van der Waals surface area contributed by atoms with Crippen LogP contribution in [0.15, 0.2) is 97.3 Å². The molecule has 7 N–H and O–H groups in total. The van der Waals surface area contributed by atoms with Gasteiger partial charge in [0.15, 0.2) is 0 Å². The first-order chi connectivity index (χ1) is 35.1. The Labute approximate surface area is 431 Å². The van der Waals surface area contributed by atoms with Crippen molar-refractivity contribution in [1.29, 1.82) is 0 Å². The molecule has 2 aromatic heterocycles. The van der Waals surface area contributed by atoms with E-state index in [1.54, 1.807) is 103 Å². The van der Waals surface area contributed by atoms with E-state index >= 15 is 0 Å². The highest BCUT2D eigenvalue weighted by Gasteiger charge is 2.35. The van der Waals surface area contributed by atoms with Gasteiger partial charge in [-0.25, -0.2) is 4.79 Å². The lowest BCUT2D eigenvalue weighted by molar-refractivity contribution is -0.127. The van der Waals surface area contributed by atoms with Gasteiger partial charge in [0.05, 0.1) is 63.9 Å². The van der Waals surface area contributed by atoms with Gasteiger partial charge in [-0.2, -0.15) is 10.2 Å². The number of phenolic OH excluding ortho intramolecular Hbond substituents is 2. The molecule has 0 spiro atoms. The maximum atomic E-state index is 13.0. The van der Waals surface area contributed by atoms with Crippen molar-refractivity contribution in [2.45, 2.75) is 51.5 Å². The average Bonchev–Trinajstić information content (AvgIpc) is 3.98. The van der Waals surface area contributed by atoms with Crippen molar-refractivity contribution in [1.82, 2.24) is 29.8 Å². The molecule has 0 bridgehead atoms. The molecule has 2 atom stereocenters. The Hall–Kier alpha value is -7.39. The smallest absolute Gasteiger partial charge is 0.411 e. The van der Waals surface area contributed by atoms with Gasteiger partial charge in [-0.3, -0.25) is 23.9 Å². The molecule has 0 saturated carbocycles. The van der Waals surface area contributed by atoms with Crippen molar-refractivity contribution in [2.24, 2.45) is 0 Å². The van der Waals surface area contributed by atoms with Crippen molar-refractivity contribution in [2.75, 3.05) is 63.4 Å². The Morgan fingerprint density at radius 1 is 0.712 bits per heavy atom. The SMILES string of the molecule is CC(C)(C)OC(=O)N1CCOC[C@H]1C(=O)Nc1ccc(C#Cc2cn(CCO)nc2-c2cc(Cl)ccc2O)cc1.O=C(Nc1ccc(C#Cc2cn(CCO)nc2-c2cc(Cl)ccc2O)cc1)[C@@H]1COCCN1. The van der Waals surface area contributed by atoms with E-state index in [9.17, 15) is 34.8 Å². The van der Waals surface area contributed by atoms with Gasteiger partial charge in [0, 0.05) is 69.2 Å². The van der Waals surface area contributed by atoms with Crippen molar-refractivity contribution in [3.8, 4) is 57.7 Å². The molecule has 0 radical (unpaired) electrons. The normalized spacial score (nSPS) is 15.4. The van der Waals surface area contributed by atoms with E-state index in [1.165, 1.54) is 17.0 Å². The molecule has 4 aromatic carbocycles. The van der Waals surface area contributed by atoms with Crippen LogP contribution in [0.3, 0.4) is 0 Å². The van der Waals surface area contributed by atoms with Crippen molar-refractivity contribution >= 4 is 52.5 Å². The Kier molecular flexibility index (Phi) is 18.2. The van der Waals surface area contributed by atoms with Crippen LogP contribution in [0.2, 0.25) is 10.0 Å². The molecule has 18 nitrogen and oxygen atoms in total. The number of aliphatic hydroxyl groups excluding tert-OH is 2. The number of carbonyl (C=O) groups is 3. The lowest BCUT2D eigenvalue weighted by Crippen LogP contribution is -2.55. The van der Waals surface area contributed by atoms with Gasteiger partial charge in [0.25, 0.3) is 0 Å². The molecule has 0 unspecified atom stereocenters. The van der Waals surface area contributed by atoms with Gasteiger partial charge < -0.3 is 50.6 Å². The van der Waals surface area contributed by atoms with E-state index in [-0.39, 0.29) is 62.3 Å². The van der Waals surface area contributed by atoms with Gasteiger partial charge in [0.1, 0.15) is 40.6 Å². The zero-order valence-electron chi connectivity index (χ0n) is 40.2. The average molecular weight is 1030 g/mol. The lowest BCUT2D eigenvalue weighted by atomic mass is 10.1. The molecule has 2 fully saturated rings. The number of carbonyl (C=O) groups excluding carboxylic acids is 3. The highest BCUT2D eigenvalue weighted by molar-refractivity contribution is 6.31. The summed E-state index contributed by atoms with van der Waals surface area (Å²) in [5.74, 6) is 11.8. The number of amides is 3. The first-order valence-corrected chi connectivity index (χ1v) is 23.9. The molecule has 6 aromatic rings. The fraction of sp³-hybridized carbons (Fsp3) is 0.302. The summed E-state index contributed by atoms with van der Waals surface area (Å²) in [5, 5.41) is 57.8. The molecule has 380 valence electrons. The van der Waals surface area contributed by atoms with Crippen LogP contribution in [0, 0.1) is 23.7 Å². The summed E-state index contributed by atoms with van der Waals surface area (Å²) in [7, 11) is 0. The van der Waals surface area contributed by atoms with Crippen LogP contribution in [0.1, 0.15) is 43.0 Å². The topological polar surface area (TPSA) is 235 Å². The third-order valence-electron chi connectivity index (χ3n) is 10.9. The van der Waals surface area contributed by atoms with E-state index < -0.39 is 17.7 Å². The second-order valence-corrected chi connectivity index (χ2v) is 18.4. The molecule has 8 rings (SSSR count). The number of phenols is 2. The molecular formula is C53H54Cl2N8O10. The number of benzene rings is 4. The maximum absolute atomic E-state index is 13.0. The highest BCUT2D eigenvalue weighted by Crippen LogP contribution is 2.34. The number of rotatable bonds is 10. The number of hydrogen-bond donors (Lipinski definition) is 7. The number of nitrogens with one attached hydrogen (secondary N) is 3. The number of aromatic nitrogens is 4. The number of anilines is 2. The van der Waals surface area contributed by atoms with Crippen LogP contribution in [0.5, 0.6) is 11.5 Å². The van der Waals surface area contributed by atoms with Gasteiger partial charge >= 0.3 is 6.09 Å². The number of nitrogens with zero attached hydrogens (tertiary/aromatic N) is 5. The predicted molar refractivity (Wildman–Crippen MR) is 275 cm³/mol. The van der Waals surface area contributed by atoms with Gasteiger partial charge in [-0.1, -0.05) is 46.9 Å². The Morgan fingerprint density at radius 3 is 1.67 bits per heavy atom. The molecule has 2 aliphatic rings. The summed E-state index contributed by atoms with van der Waals surface area (Å²) >= 11 is 12.2. The monoisotopic (exact) mass is 1030 g/mol. The number of hydrogen-bond acceptors (Lipinski definition) is 13. The maximum Gasteiger partial charge on any atom is 0.411 e. The van der Waals surface area contributed by atoms with Gasteiger partial charge in [0.2, 0.25) is 11.8 Å². The van der Waals surface area contributed by atoms with E-state index in [4.69, 9.17) is 37.4 Å². The number of ether oxygens (including phenoxy) is 3. The predicted octanol–water partition coefficient (Wildman–Crippen LogP) is 6.10. The fourth-order valence-corrected chi connectivity index (χ4v) is 7.70. The Balaban J connectivity index is 0.000000218. The summed E-state index contributed by atoms with van der Waals surface area (Å²) in [5.41, 5.74) is 4.86. The molecule has 2 aliphatic heterocycles. The molecule has 73 heavy (non-hydrogen) atoms. The first kappa shape index (κ1) is 53.4. The zero-order chi connectivity index (χ0) is 52.1. The van der Waals surface area contributed by atoms with E-state index in [0.29, 0.717) is 93.5 Å². The standard InChI is InChI=1S/C29H31ClN4O6.C24H23ClN4O4/c1-29(2,3)40-28(38)34-13-15-39-18-24(34)27(37)31-22-9-5-19(6-10-22)4-7-20-17-33(12-14-35)32-26(20)23-16-21(30)8-11-25(23)36;25-18-5-8-22(31)20(13-18)23-17(14-29(28-23)10-11-30)4-1-16-2-6-19(7-3-16)27-24(32)21-15-33-12-9-26-21/h5-6,8-11,16-17,24,35-36H,12-15,18H2,1-3H3,(H,31,37);2-3,5-8,13-14,21,26,30-31H,9-12,15H2,(H,27,32)/t24-;21-/m00/s1. The van der Waals surface area contributed by atoms with Crippen LogP contribution in [-0.2, 0) is 36.9 Å². The van der Waals surface area contributed by atoms with E-state index in [1.807, 2.05) is 12.1 Å². The minimum Gasteiger partial charge on any atom is -0.507 e. The molecule has 0 aliphatic carbocycles. The van der Waals surface area contributed by atoms with Crippen molar-refractivity contribution < 1.29 is 49.0 Å². The summed E-state index contributed by atoms with van der Waals surface area (Å²) < 4.78 is 19.3. The van der Waals surface area contributed by atoms with Crippen LogP contribution < -0.4 is 16.0 Å². The number of morpholine rings is 2. The van der Waals surface area contributed by atoms with Crippen molar-refractivity contribution in [3.05, 3.63) is 130 Å². The van der Waals surface area contributed by atoms with Crippen LogP contribution >= 0.6 is 23.2 Å². The van der Waals surface area contributed by atoms with Crippen LogP contribution in [-0.4, -0.2) is 133 Å². The van der Waals surface area contributed by atoms with E-state index in [0.717, 1.165) is 5.56 Å². The number of aromatic hydroxyl groups is 2. The summed E-state index contributed by atoms with van der Waals surface area (Å²) in [4.78, 5) is 39.3. The summed E-state index contributed by atoms with van der Waals surface area (Å²) in [6, 6.07) is 22.3. The highest BCUT2D eigenvalue weighted by atomic mass is 35.5. The third kappa shape index (κ3) is 14.8. The van der Waals surface area contributed by atoms with E-state index in [2.05, 4.69) is 49.8 Å². The van der Waals surface area contributed by atoms with Gasteiger partial charge in [-0.05, 0) is 106 Å². The molecule has 2 saturated heterocycles. The number of halogens is 2. The molecule has 3 amide bonds. The third-order valence-corrected chi connectivity index (χ3v) is 11.4. The molecule has 20 heteroatoms. The minimum atomic E-state index is -0.820. The molecule has 4 heterocycles. The quantitative estimate of drug-likeness (QED) is 0.0770. The first-order valence-electron chi connectivity index (χ1n) is 23.2. The fourth-order valence-electron chi connectivity index (χ4n) is 7.35. The second kappa shape index (κ2) is 24.8. The van der Waals surface area contributed by atoms with Crippen molar-refractivity contribution in [3.63, 3.8) is 0 Å². The van der Waals surface area contributed by atoms with Crippen LogP contribution in [0.4, 0.5) is 16.2 Å². The Morgan fingerprint density at radius 2 is 1.21 bits per heavy atom.